The third-order valence-corrected chi connectivity index (χ3v) is 1.73. The van der Waals surface area contributed by atoms with Crippen molar-refractivity contribution in [2.45, 2.75) is 19.3 Å². The highest BCUT2D eigenvalue weighted by Crippen LogP contribution is 2.02. The molecule has 0 saturated heterocycles. The third kappa shape index (κ3) is 4.20. The molecule has 0 unspecified atom stereocenters. The highest BCUT2D eigenvalue weighted by molar-refractivity contribution is 5.66. The minimum absolute atomic E-state index is 0.256. The molecule has 0 atom stereocenters. The number of nitrogens with one attached hydrogen (secondary N) is 2. The fourth-order valence-corrected chi connectivity index (χ4v) is 1.06. The van der Waals surface area contributed by atoms with Crippen LogP contribution in [0.3, 0.4) is 0 Å². The largest absolute Gasteiger partial charge is 0.481 e. The molecule has 1 aromatic rings. The van der Waals surface area contributed by atoms with Gasteiger partial charge in [-0.1, -0.05) is 0 Å². The van der Waals surface area contributed by atoms with Gasteiger partial charge in [0.1, 0.15) is 5.82 Å². The lowest BCUT2D eigenvalue weighted by molar-refractivity contribution is -0.137. The van der Waals surface area contributed by atoms with E-state index in [9.17, 15) is 4.79 Å². The zero-order valence-electron chi connectivity index (χ0n) is 7.42. The summed E-state index contributed by atoms with van der Waals surface area (Å²) in [4.78, 5) is 13.2. The molecule has 1 rings (SSSR count). The van der Waals surface area contributed by atoms with Crippen molar-refractivity contribution in [2.24, 2.45) is 0 Å². The summed E-state index contributed by atoms with van der Waals surface area (Å²) in [6.45, 7) is 0.813. The molecule has 0 fully saturated rings. The van der Waals surface area contributed by atoms with Crippen LogP contribution in [0.2, 0.25) is 0 Å². The fraction of sp³-hybridized carbons (Fsp3) is 0.444. The Morgan fingerprint density at radius 2 is 2.38 bits per heavy atom. The Hall–Kier alpha value is -1.45. The SMILES string of the molecule is O=C(O)CCCCNc1ccc[nH]1. The number of carbonyl (C=O) groups is 1. The van der Waals surface area contributed by atoms with Crippen molar-refractivity contribution in [3.8, 4) is 0 Å². The molecule has 1 heterocycles. The van der Waals surface area contributed by atoms with Gasteiger partial charge in [0, 0.05) is 19.2 Å². The van der Waals surface area contributed by atoms with E-state index in [2.05, 4.69) is 10.3 Å². The number of unbranched alkanes of at least 4 members (excludes halogenated alkanes) is 1. The first-order chi connectivity index (χ1) is 6.29. The van der Waals surface area contributed by atoms with Crippen molar-refractivity contribution in [3.63, 3.8) is 0 Å². The second kappa shape index (κ2) is 5.24. The number of rotatable bonds is 6. The highest BCUT2D eigenvalue weighted by Gasteiger charge is 1.96. The van der Waals surface area contributed by atoms with Crippen molar-refractivity contribution in [3.05, 3.63) is 18.3 Å². The first-order valence-corrected chi connectivity index (χ1v) is 4.38. The average Bonchev–Trinajstić information content (AvgIpc) is 2.55. The molecule has 0 bridgehead atoms. The van der Waals surface area contributed by atoms with E-state index in [1.165, 1.54) is 0 Å². The van der Waals surface area contributed by atoms with Gasteiger partial charge < -0.3 is 15.4 Å². The van der Waals surface area contributed by atoms with Crippen molar-refractivity contribution in [1.82, 2.24) is 4.98 Å². The van der Waals surface area contributed by atoms with Crippen LogP contribution in [0.15, 0.2) is 18.3 Å². The van der Waals surface area contributed by atoms with Crippen LogP contribution in [0.5, 0.6) is 0 Å². The summed E-state index contributed by atoms with van der Waals surface area (Å²) in [6.07, 6.45) is 3.71. The lowest BCUT2D eigenvalue weighted by Gasteiger charge is -2.01. The minimum atomic E-state index is -0.722. The second-order valence-corrected chi connectivity index (χ2v) is 2.86. The lowest BCUT2D eigenvalue weighted by Crippen LogP contribution is -2.03. The summed E-state index contributed by atoms with van der Waals surface area (Å²) in [7, 11) is 0. The van der Waals surface area contributed by atoms with Gasteiger partial charge in [0.25, 0.3) is 0 Å². The Labute approximate surface area is 77.0 Å². The van der Waals surface area contributed by atoms with E-state index in [0.29, 0.717) is 0 Å². The summed E-state index contributed by atoms with van der Waals surface area (Å²) in [5, 5.41) is 11.5. The molecule has 0 aromatic carbocycles. The van der Waals surface area contributed by atoms with Gasteiger partial charge in [-0.2, -0.15) is 0 Å². The maximum absolute atomic E-state index is 10.2. The number of aromatic nitrogens is 1. The van der Waals surface area contributed by atoms with Gasteiger partial charge in [-0.15, -0.1) is 0 Å². The number of anilines is 1. The lowest BCUT2D eigenvalue weighted by atomic mass is 10.2. The third-order valence-electron chi connectivity index (χ3n) is 1.73. The van der Waals surface area contributed by atoms with Crippen LogP contribution in [-0.4, -0.2) is 22.6 Å². The van der Waals surface area contributed by atoms with Crippen LogP contribution in [0, 0.1) is 0 Å². The van der Waals surface area contributed by atoms with E-state index in [4.69, 9.17) is 5.11 Å². The fourth-order valence-electron chi connectivity index (χ4n) is 1.06. The van der Waals surface area contributed by atoms with Crippen LogP contribution in [-0.2, 0) is 4.79 Å². The Kier molecular flexibility index (Phi) is 3.88. The maximum Gasteiger partial charge on any atom is 0.303 e. The first-order valence-electron chi connectivity index (χ1n) is 4.38. The van der Waals surface area contributed by atoms with Gasteiger partial charge in [-0.25, -0.2) is 0 Å². The second-order valence-electron chi connectivity index (χ2n) is 2.86. The Balaban J connectivity index is 1.99. The topological polar surface area (TPSA) is 65.1 Å². The Morgan fingerprint density at radius 3 is 3.00 bits per heavy atom. The maximum atomic E-state index is 10.2. The van der Waals surface area contributed by atoms with E-state index in [0.717, 1.165) is 25.2 Å². The van der Waals surface area contributed by atoms with E-state index >= 15 is 0 Å². The summed E-state index contributed by atoms with van der Waals surface area (Å²) < 4.78 is 0. The summed E-state index contributed by atoms with van der Waals surface area (Å²) in [5.74, 6) is 0.259. The van der Waals surface area contributed by atoms with Crippen LogP contribution >= 0.6 is 0 Å². The van der Waals surface area contributed by atoms with Gasteiger partial charge in [0.05, 0.1) is 0 Å². The Bertz CT molecular complexity index is 244. The molecule has 3 N–H and O–H groups in total. The number of aliphatic carboxylic acids is 1. The monoisotopic (exact) mass is 182 g/mol. The molecule has 0 aliphatic rings. The van der Waals surface area contributed by atoms with Crippen molar-refractivity contribution in [1.29, 1.82) is 0 Å². The van der Waals surface area contributed by atoms with E-state index in [1.54, 1.807) is 0 Å². The van der Waals surface area contributed by atoms with Crippen LogP contribution in [0.4, 0.5) is 5.82 Å². The van der Waals surface area contributed by atoms with E-state index in [1.807, 2.05) is 18.3 Å². The predicted octanol–water partition coefficient (Wildman–Crippen LogP) is 1.68. The van der Waals surface area contributed by atoms with Crippen LogP contribution < -0.4 is 5.32 Å². The van der Waals surface area contributed by atoms with Crippen molar-refractivity contribution >= 4 is 11.8 Å². The molecule has 13 heavy (non-hydrogen) atoms. The standard InChI is InChI=1S/C9H14N2O2/c12-9(13)5-1-2-6-10-8-4-3-7-11-8/h3-4,7,10-11H,1-2,5-6H2,(H,12,13). The zero-order valence-corrected chi connectivity index (χ0v) is 7.42. The molecular weight excluding hydrogens is 168 g/mol. The average molecular weight is 182 g/mol. The molecule has 0 aliphatic heterocycles. The number of H-pyrrole nitrogens is 1. The summed E-state index contributed by atoms with van der Waals surface area (Å²) in [6, 6.07) is 3.86. The first kappa shape index (κ1) is 9.64. The zero-order chi connectivity index (χ0) is 9.52. The highest BCUT2D eigenvalue weighted by atomic mass is 16.4. The van der Waals surface area contributed by atoms with Gasteiger partial charge >= 0.3 is 5.97 Å². The molecule has 4 heteroatoms. The van der Waals surface area contributed by atoms with Crippen LogP contribution in [0.25, 0.3) is 0 Å². The normalized spacial score (nSPS) is 9.85. The molecule has 0 aliphatic carbocycles. The molecular formula is C9H14N2O2. The molecule has 1 aromatic heterocycles. The van der Waals surface area contributed by atoms with Crippen LogP contribution in [0.1, 0.15) is 19.3 Å². The van der Waals surface area contributed by atoms with Gasteiger partial charge in [-0.05, 0) is 25.0 Å². The van der Waals surface area contributed by atoms with Gasteiger partial charge in [0.2, 0.25) is 0 Å². The molecule has 0 saturated carbocycles. The molecule has 0 radical (unpaired) electrons. The van der Waals surface area contributed by atoms with Crippen molar-refractivity contribution in [2.75, 3.05) is 11.9 Å². The van der Waals surface area contributed by atoms with E-state index < -0.39 is 5.97 Å². The number of hydrogen-bond acceptors (Lipinski definition) is 2. The minimum Gasteiger partial charge on any atom is -0.481 e. The quantitative estimate of drug-likeness (QED) is 0.586. The van der Waals surface area contributed by atoms with E-state index in [-0.39, 0.29) is 6.42 Å². The number of carboxylic acid groups (broad SMARTS) is 1. The summed E-state index contributed by atoms with van der Waals surface area (Å²) >= 11 is 0. The number of carboxylic acids is 1. The Morgan fingerprint density at radius 1 is 1.54 bits per heavy atom. The van der Waals surface area contributed by atoms with Gasteiger partial charge in [-0.3, -0.25) is 4.79 Å². The molecule has 72 valence electrons. The number of aromatic amines is 1. The van der Waals surface area contributed by atoms with Crippen molar-refractivity contribution < 1.29 is 9.90 Å². The molecule has 0 spiro atoms. The smallest absolute Gasteiger partial charge is 0.303 e. The molecule has 0 amide bonds. The summed E-state index contributed by atoms with van der Waals surface area (Å²) in [5.41, 5.74) is 0. The predicted molar refractivity (Wildman–Crippen MR) is 50.8 cm³/mol. The van der Waals surface area contributed by atoms with Gasteiger partial charge in [0.15, 0.2) is 0 Å². The number of hydrogen-bond donors (Lipinski definition) is 3. The molecule has 4 nitrogen and oxygen atoms in total.